The summed E-state index contributed by atoms with van der Waals surface area (Å²) in [4.78, 5) is 26.2. The van der Waals surface area contributed by atoms with E-state index >= 15 is 0 Å². The maximum atomic E-state index is 11.2. The number of hydrogen-bond donors (Lipinski definition) is 2. The van der Waals surface area contributed by atoms with E-state index in [1.165, 1.54) is 0 Å². The molecule has 0 radical (unpaired) electrons. The summed E-state index contributed by atoms with van der Waals surface area (Å²) in [7, 11) is 1.88. The third-order valence-corrected chi connectivity index (χ3v) is 2.40. The number of carbonyl (C=O) groups excluding carboxylic acids is 2. The van der Waals surface area contributed by atoms with Gasteiger partial charge in [0, 0.05) is 19.4 Å². The monoisotopic (exact) mass is 208 g/mol. The fourth-order valence-corrected chi connectivity index (χ4v) is 1.50. The van der Waals surface area contributed by atoms with Crippen molar-refractivity contribution >= 4 is 11.8 Å². The van der Waals surface area contributed by atoms with Gasteiger partial charge in [-0.05, 0) is 0 Å². The molecular weight excluding hydrogens is 196 g/mol. The second-order valence-corrected chi connectivity index (χ2v) is 3.50. The van der Waals surface area contributed by atoms with Crippen molar-refractivity contribution in [2.45, 2.75) is 19.0 Å². The molecule has 2 amide bonds. The Kier molecular flexibility index (Phi) is 2.51. The molecule has 1 fully saturated rings. The van der Waals surface area contributed by atoms with Gasteiger partial charge in [-0.1, -0.05) is 0 Å². The largest absolute Gasteiger partial charge is 0.337 e. The number of aromatic nitrogens is 2. The minimum Gasteiger partial charge on any atom is -0.337 e. The predicted octanol–water partition coefficient (Wildman–Crippen LogP) is -1.08. The van der Waals surface area contributed by atoms with E-state index in [9.17, 15) is 9.59 Å². The molecule has 0 aliphatic carbocycles. The first-order valence-corrected chi connectivity index (χ1v) is 4.70. The van der Waals surface area contributed by atoms with E-state index < -0.39 is 6.04 Å². The Morgan fingerprint density at radius 3 is 3.00 bits per heavy atom. The van der Waals surface area contributed by atoms with Crippen molar-refractivity contribution in [1.82, 2.24) is 20.2 Å². The van der Waals surface area contributed by atoms with Crippen LogP contribution in [0.1, 0.15) is 12.2 Å². The molecule has 15 heavy (non-hydrogen) atoms. The molecule has 1 atom stereocenters. The maximum Gasteiger partial charge on any atom is 0.244 e. The predicted molar refractivity (Wildman–Crippen MR) is 51.6 cm³/mol. The highest BCUT2D eigenvalue weighted by molar-refractivity contribution is 6.05. The van der Waals surface area contributed by atoms with Gasteiger partial charge in [0.1, 0.15) is 5.82 Å². The Balaban J connectivity index is 1.91. The molecule has 0 bridgehead atoms. The van der Waals surface area contributed by atoms with Crippen LogP contribution in [0.4, 0.5) is 0 Å². The summed E-state index contributed by atoms with van der Waals surface area (Å²) in [5, 5.41) is 5.23. The van der Waals surface area contributed by atoms with Crippen LogP contribution in [0.5, 0.6) is 0 Å². The number of nitrogens with zero attached hydrogens (tertiary/aromatic N) is 2. The summed E-state index contributed by atoms with van der Waals surface area (Å²) in [6.07, 6.45) is 3.73. The number of rotatable bonds is 3. The van der Waals surface area contributed by atoms with Crippen LogP contribution in [-0.4, -0.2) is 27.4 Å². The van der Waals surface area contributed by atoms with E-state index in [2.05, 4.69) is 15.6 Å². The number of nitrogens with one attached hydrogen (secondary N) is 2. The summed E-state index contributed by atoms with van der Waals surface area (Å²) in [6, 6.07) is -0.422. The molecule has 2 heterocycles. The topological polar surface area (TPSA) is 76.0 Å². The number of carbonyl (C=O) groups is 2. The molecule has 1 aliphatic heterocycles. The zero-order chi connectivity index (χ0) is 10.8. The van der Waals surface area contributed by atoms with Crippen molar-refractivity contribution in [1.29, 1.82) is 0 Å². The highest BCUT2D eigenvalue weighted by atomic mass is 16.2. The second kappa shape index (κ2) is 3.82. The van der Waals surface area contributed by atoms with Crippen molar-refractivity contribution in [3.63, 3.8) is 0 Å². The van der Waals surface area contributed by atoms with Gasteiger partial charge in [0.15, 0.2) is 0 Å². The first-order chi connectivity index (χ1) is 7.16. The molecule has 6 nitrogen and oxygen atoms in total. The van der Waals surface area contributed by atoms with Gasteiger partial charge in [0.25, 0.3) is 0 Å². The van der Waals surface area contributed by atoms with E-state index in [4.69, 9.17) is 0 Å². The van der Waals surface area contributed by atoms with Crippen LogP contribution in [0.25, 0.3) is 0 Å². The molecule has 0 spiro atoms. The average molecular weight is 208 g/mol. The highest BCUT2D eigenvalue weighted by Gasteiger charge is 2.29. The lowest BCUT2D eigenvalue weighted by Crippen LogP contribution is -2.36. The van der Waals surface area contributed by atoms with E-state index in [-0.39, 0.29) is 18.2 Å². The number of imidazole rings is 1. The lowest BCUT2D eigenvalue weighted by atomic mass is 10.2. The Morgan fingerprint density at radius 1 is 1.67 bits per heavy atom. The molecule has 2 rings (SSSR count). The first-order valence-electron chi connectivity index (χ1n) is 4.70. The smallest absolute Gasteiger partial charge is 0.244 e. The fraction of sp³-hybridized carbons (Fsp3) is 0.444. The third-order valence-electron chi connectivity index (χ3n) is 2.40. The Bertz CT molecular complexity index is 399. The fourth-order valence-electron chi connectivity index (χ4n) is 1.50. The number of amides is 2. The van der Waals surface area contributed by atoms with Crippen molar-refractivity contribution in [2.24, 2.45) is 7.05 Å². The minimum absolute atomic E-state index is 0.212. The van der Waals surface area contributed by atoms with Gasteiger partial charge >= 0.3 is 0 Å². The van der Waals surface area contributed by atoms with Gasteiger partial charge in [-0.2, -0.15) is 0 Å². The van der Waals surface area contributed by atoms with Gasteiger partial charge in [0.2, 0.25) is 11.8 Å². The normalized spacial score (nSPS) is 20.7. The van der Waals surface area contributed by atoms with E-state index in [1.54, 1.807) is 6.20 Å². The summed E-state index contributed by atoms with van der Waals surface area (Å²) in [5.74, 6) is 0.355. The summed E-state index contributed by atoms with van der Waals surface area (Å²) < 4.78 is 1.86. The third kappa shape index (κ3) is 2.04. The first kappa shape index (κ1) is 9.85. The zero-order valence-electron chi connectivity index (χ0n) is 8.36. The molecule has 1 saturated heterocycles. The zero-order valence-corrected chi connectivity index (χ0v) is 8.36. The molecule has 0 saturated carbocycles. The average Bonchev–Trinajstić information content (AvgIpc) is 2.70. The number of aryl methyl sites for hydroxylation is 1. The SMILES string of the molecule is Cn1ccnc1CN[C@@H]1CC(=O)NC1=O. The van der Waals surface area contributed by atoms with Crippen LogP contribution < -0.4 is 10.6 Å². The Morgan fingerprint density at radius 2 is 2.47 bits per heavy atom. The van der Waals surface area contributed by atoms with Crippen molar-refractivity contribution in [3.05, 3.63) is 18.2 Å². The highest BCUT2D eigenvalue weighted by Crippen LogP contribution is 2.02. The number of hydrogen-bond acceptors (Lipinski definition) is 4. The van der Waals surface area contributed by atoms with Crippen molar-refractivity contribution in [2.75, 3.05) is 0 Å². The lowest BCUT2D eigenvalue weighted by molar-refractivity contribution is -0.125. The lowest BCUT2D eigenvalue weighted by Gasteiger charge is -2.08. The van der Waals surface area contributed by atoms with E-state index in [1.807, 2.05) is 17.8 Å². The standard InChI is InChI=1S/C9H12N4O2/c1-13-3-2-10-7(13)5-11-6-4-8(14)12-9(6)15/h2-3,6,11H,4-5H2,1H3,(H,12,14,15)/t6-/m1/s1. The molecule has 0 aromatic carbocycles. The van der Waals surface area contributed by atoms with E-state index in [0.29, 0.717) is 6.54 Å². The molecule has 1 aromatic rings. The maximum absolute atomic E-state index is 11.2. The molecule has 0 unspecified atom stereocenters. The second-order valence-electron chi connectivity index (χ2n) is 3.50. The van der Waals surface area contributed by atoms with Crippen LogP contribution in [0.2, 0.25) is 0 Å². The van der Waals surface area contributed by atoms with Gasteiger partial charge in [-0.3, -0.25) is 20.2 Å². The molecule has 2 N–H and O–H groups in total. The van der Waals surface area contributed by atoms with E-state index in [0.717, 1.165) is 5.82 Å². The Hall–Kier alpha value is -1.69. The number of imide groups is 1. The van der Waals surface area contributed by atoms with Gasteiger partial charge in [0.05, 0.1) is 19.0 Å². The molecular formula is C9H12N4O2. The summed E-state index contributed by atoms with van der Waals surface area (Å²) >= 11 is 0. The molecule has 80 valence electrons. The van der Waals surface area contributed by atoms with Crippen molar-refractivity contribution in [3.8, 4) is 0 Å². The van der Waals surface area contributed by atoms with Crippen molar-refractivity contribution < 1.29 is 9.59 Å². The Labute approximate surface area is 86.7 Å². The van der Waals surface area contributed by atoms with Gasteiger partial charge in [-0.25, -0.2) is 4.98 Å². The van der Waals surface area contributed by atoms with Crippen LogP contribution >= 0.6 is 0 Å². The summed E-state index contributed by atoms with van der Waals surface area (Å²) in [5.41, 5.74) is 0. The quantitative estimate of drug-likeness (QED) is 0.620. The minimum atomic E-state index is -0.422. The van der Waals surface area contributed by atoms with Gasteiger partial charge in [-0.15, -0.1) is 0 Å². The van der Waals surface area contributed by atoms with Crippen LogP contribution in [0.15, 0.2) is 12.4 Å². The van der Waals surface area contributed by atoms with Crippen LogP contribution in [0, 0.1) is 0 Å². The molecule has 1 aliphatic rings. The molecule has 6 heteroatoms. The van der Waals surface area contributed by atoms with Crippen LogP contribution in [-0.2, 0) is 23.2 Å². The van der Waals surface area contributed by atoms with Crippen LogP contribution in [0.3, 0.4) is 0 Å². The molecule has 1 aromatic heterocycles. The summed E-state index contributed by atoms with van der Waals surface area (Å²) in [6.45, 7) is 0.481. The van der Waals surface area contributed by atoms with Gasteiger partial charge < -0.3 is 4.57 Å².